The van der Waals surface area contributed by atoms with E-state index < -0.39 is 17.6 Å². The third kappa shape index (κ3) is 6.28. The molecule has 1 aromatic heterocycles. The molecule has 124 valence electrons. The van der Waals surface area contributed by atoms with Crippen LogP contribution in [0.1, 0.15) is 91.5 Å². The van der Waals surface area contributed by atoms with E-state index in [1.807, 2.05) is 0 Å². The first kappa shape index (κ1) is 18.2. The van der Waals surface area contributed by atoms with Crippen molar-refractivity contribution < 1.29 is 19.8 Å². The second-order valence-electron chi connectivity index (χ2n) is 5.60. The van der Waals surface area contributed by atoms with Crippen molar-refractivity contribution in [2.24, 2.45) is 0 Å². The van der Waals surface area contributed by atoms with Gasteiger partial charge in [0.15, 0.2) is 11.4 Å². The number of unbranched alkanes of at least 4 members (excludes halogenated alkanes) is 8. The lowest BCUT2D eigenvalue weighted by molar-refractivity contribution is 0.0644. The van der Waals surface area contributed by atoms with Crippen molar-refractivity contribution in [2.45, 2.75) is 71.1 Å². The quantitative estimate of drug-likeness (QED) is 0.508. The molecule has 0 aliphatic heterocycles. The molecule has 1 rings (SSSR count). The van der Waals surface area contributed by atoms with Gasteiger partial charge in [-0.05, 0) is 6.42 Å². The van der Waals surface area contributed by atoms with E-state index in [4.69, 9.17) is 10.2 Å². The van der Waals surface area contributed by atoms with Gasteiger partial charge in [0.05, 0.1) is 0 Å². The number of hydrogen-bond donors (Lipinski definition) is 3. The molecule has 6 nitrogen and oxygen atoms in total. The van der Waals surface area contributed by atoms with E-state index in [2.05, 4.69) is 16.9 Å². The molecule has 0 spiro atoms. The summed E-state index contributed by atoms with van der Waals surface area (Å²) in [6.45, 7) is 2.21. The highest BCUT2D eigenvalue weighted by Gasteiger charge is 2.21. The van der Waals surface area contributed by atoms with Crippen LogP contribution in [0.4, 0.5) is 0 Å². The summed E-state index contributed by atoms with van der Waals surface area (Å²) in [5.74, 6) is -2.16. The maximum atomic E-state index is 10.9. The van der Waals surface area contributed by atoms with Crippen LogP contribution in [-0.2, 0) is 6.42 Å². The van der Waals surface area contributed by atoms with Crippen LogP contribution in [0.3, 0.4) is 0 Å². The highest BCUT2D eigenvalue weighted by molar-refractivity contribution is 5.98. The van der Waals surface area contributed by atoms with E-state index in [0.717, 1.165) is 19.3 Å². The number of aromatic carboxylic acids is 2. The lowest BCUT2D eigenvalue weighted by Crippen LogP contribution is -2.07. The first-order valence-electron chi connectivity index (χ1n) is 8.11. The summed E-state index contributed by atoms with van der Waals surface area (Å²) in [4.78, 5) is 28.3. The van der Waals surface area contributed by atoms with Gasteiger partial charge < -0.3 is 15.2 Å². The molecule has 0 atom stereocenters. The zero-order valence-electron chi connectivity index (χ0n) is 13.2. The molecule has 0 amide bonds. The van der Waals surface area contributed by atoms with Crippen molar-refractivity contribution in [1.82, 2.24) is 9.97 Å². The molecule has 3 N–H and O–H groups in total. The molecule has 1 heterocycles. The van der Waals surface area contributed by atoms with Crippen LogP contribution in [0.2, 0.25) is 0 Å². The zero-order chi connectivity index (χ0) is 16.4. The van der Waals surface area contributed by atoms with E-state index in [-0.39, 0.29) is 5.69 Å². The Kier molecular flexibility index (Phi) is 8.25. The number of aryl methyl sites for hydroxylation is 1. The summed E-state index contributed by atoms with van der Waals surface area (Å²) in [6, 6.07) is 0. The topological polar surface area (TPSA) is 103 Å². The number of aromatic nitrogens is 2. The van der Waals surface area contributed by atoms with Gasteiger partial charge in [-0.3, -0.25) is 0 Å². The predicted molar refractivity (Wildman–Crippen MR) is 83.4 cm³/mol. The number of carboxylic acids is 2. The molecule has 0 aliphatic rings. The second-order valence-corrected chi connectivity index (χ2v) is 5.60. The van der Waals surface area contributed by atoms with Crippen molar-refractivity contribution in [3.8, 4) is 0 Å². The van der Waals surface area contributed by atoms with Gasteiger partial charge in [-0.15, -0.1) is 0 Å². The molecular weight excluding hydrogens is 284 g/mol. The fourth-order valence-electron chi connectivity index (χ4n) is 2.45. The predicted octanol–water partition coefficient (Wildman–Crippen LogP) is 3.88. The van der Waals surface area contributed by atoms with Crippen molar-refractivity contribution in [3.63, 3.8) is 0 Å². The van der Waals surface area contributed by atoms with Gasteiger partial charge in [-0.1, -0.05) is 58.3 Å². The average Bonchev–Trinajstić information content (AvgIpc) is 2.90. The summed E-state index contributed by atoms with van der Waals surface area (Å²) in [5.41, 5.74) is -0.739. The lowest BCUT2D eigenvalue weighted by Gasteiger charge is -2.01. The molecule has 0 saturated heterocycles. The largest absolute Gasteiger partial charge is 0.477 e. The Morgan fingerprint density at radius 1 is 0.909 bits per heavy atom. The third-order valence-corrected chi connectivity index (χ3v) is 3.69. The Bertz CT molecular complexity index is 451. The maximum Gasteiger partial charge on any atom is 0.357 e. The summed E-state index contributed by atoms with van der Waals surface area (Å²) in [6.07, 6.45) is 11.4. The van der Waals surface area contributed by atoms with Crippen LogP contribution in [0.15, 0.2) is 0 Å². The fourth-order valence-corrected chi connectivity index (χ4v) is 2.45. The summed E-state index contributed by atoms with van der Waals surface area (Å²) in [5, 5.41) is 17.8. The molecule has 0 unspecified atom stereocenters. The standard InChI is InChI=1S/C16H26N2O4/c1-2-3-4-5-6-7-8-9-10-11-12-17-13(15(19)20)14(18-12)16(21)22/h2-11H2,1H3,(H,17,18)(H,19,20)(H,21,22). The normalized spacial score (nSPS) is 10.8. The number of carbonyl (C=O) groups is 2. The van der Waals surface area contributed by atoms with Gasteiger partial charge >= 0.3 is 11.9 Å². The first-order valence-corrected chi connectivity index (χ1v) is 8.11. The number of aromatic amines is 1. The smallest absolute Gasteiger partial charge is 0.357 e. The molecule has 0 bridgehead atoms. The van der Waals surface area contributed by atoms with Crippen molar-refractivity contribution in [3.05, 3.63) is 17.2 Å². The van der Waals surface area contributed by atoms with Crippen LogP contribution in [0, 0.1) is 0 Å². The number of hydrogen-bond acceptors (Lipinski definition) is 3. The van der Waals surface area contributed by atoms with E-state index >= 15 is 0 Å². The third-order valence-electron chi connectivity index (χ3n) is 3.69. The molecule has 22 heavy (non-hydrogen) atoms. The Labute approximate surface area is 131 Å². The molecule has 0 aromatic carbocycles. The van der Waals surface area contributed by atoms with Crippen LogP contribution in [0.25, 0.3) is 0 Å². The zero-order valence-corrected chi connectivity index (χ0v) is 13.2. The minimum absolute atomic E-state index is 0.335. The van der Waals surface area contributed by atoms with Gasteiger partial charge in [0, 0.05) is 6.42 Å². The van der Waals surface area contributed by atoms with E-state index in [0.29, 0.717) is 12.2 Å². The minimum atomic E-state index is -1.31. The summed E-state index contributed by atoms with van der Waals surface area (Å²) < 4.78 is 0. The van der Waals surface area contributed by atoms with Crippen LogP contribution in [0.5, 0.6) is 0 Å². The monoisotopic (exact) mass is 310 g/mol. The molecule has 0 fully saturated rings. The number of nitrogens with zero attached hydrogens (tertiary/aromatic N) is 1. The number of imidazole rings is 1. The first-order chi connectivity index (χ1) is 10.6. The van der Waals surface area contributed by atoms with E-state index in [1.165, 1.54) is 38.5 Å². The molecule has 0 radical (unpaired) electrons. The van der Waals surface area contributed by atoms with Crippen LogP contribution >= 0.6 is 0 Å². The number of H-pyrrole nitrogens is 1. The highest BCUT2D eigenvalue weighted by atomic mass is 16.4. The Morgan fingerprint density at radius 3 is 1.91 bits per heavy atom. The van der Waals surface area contributed by atoms with E-state index in [9.17, 15) is 9.59 Å². The molecular formula is C16H26N2O4. The molecule has 0 aliphatic carbocycles. The maximum absolute atomic E-state index is 10.9. The summed E-state index contributed by atoms with van der Waals surface area (Å²) >= 11 is 0. The van der Waals surface area contributed by atoms with Crippen LogP contribution in [-0.4, -0.2) is 32.1 Å². The SMILES string of the molecule is CCCCCCCCCCCc1nc(C(=O)O)c(C(=O)O)[nH]1. The van der Waals surface area contributed by atoms with Gasteiger partial charge in [-0.2, -0.15) is 0 Å². The van der Waals surface area contributed by atoms with Crippen molar-refractivity contribution >= 4 is 11.9 Å². The second kappa shape index (κ2) is 9.97. The number of carboxylic acid groups (broad SMARTS) is 2. The Hall–Kier alpha value is -1.85. The Morgan fingerprint density at radius 2 is 1.45 bits per heavy atom. The molecule has 6 heteroatoms. The van der Waals surface area contributed by atoms with Crippen molar-refractivity contribution in [2.75, 3.05) is 0 Å². The number of rotatable bonds is 12. The van der Waals surface area contributed by atoms with Crippen molar-refractivity contribution in [1.29, 1.82) is 0 Å². The van der Waals surface area contributed by atoms with Crippen LogP contribution < -0.4 is 0 Å². The van der Waals surface area contributed by atoms with Gasteiger partial charge in [0.25, 0.3) is 0 Å². The molecule has 0 saturated carbocycles. The van der Waals surface area contributed by atoms with E-state index in [1.54, 1.807) is 0 Å². The van der Waals surface area contributed by atoms with Gasteiger partial charge in [0.2, 0.25) is 0 Å². The summed E-state index contributed by atoms with van der Waals surface area (Å²) in [7, 11) is 0. The minimum Gasteiger partial charge on any atom is -0.477 e. The Balaban J connectivity index is 2.24. The van der Waals surface area contributed by atoms with Gasteiger partial charge in [0.1, 0.15) is 5.82 Å². The lowest BCUT2D eigenvalue weighted by atomic mass is 10.1. The molecule has 1 aromatic rings. The fraction of sp³-hybridized carbons (Fsp3) is 0.688. The number of nitrogens with one attached hydrogen (secondary N) is 1. The average molecular weight is 310 g/mol. The van der Waals surface area contributed by atoms with Gasteiger partial charge in [-0.25, -0.2) is 14.6 Å². The highest BCUT2D eigenvalue weighted by Crippen LogP contribution is 2.12.